The summed E-state index contributed by atoms with van der Waals surface area (Å²) in [6.07, 6.45) is -0.231. The van der Waals surface area contributed by atoms with Gasteiger partial charge >= 0.3 is 0 Å². The molecular weight excluding hydrogens is 284 g/mol. The quantitative estimate of drug-likeness (QED) is 0.907. The molecule has 1 aliphatic rings. The molecule has 1 fully saturated rings. The molecule has 0 amide bonds. The second kappa shape index (κ2) is 5.49. The lowest BCUT2D eigenvalue weighted by atomic mass is 10.2. The highest BCUT2D eigenvalue weighted by Crippen LogP contribution is 2.28. The van der Waals surface area contributed by atoms with Crippen LogP contribution < -0.4 is 5.73 Å². The highest BCUT2D eigenvalue weighted by atomic mass is 32.2. The van der Waals surface area contributed by atoms with Gasteiger partial charge in [-0.05, 0) is 32.4 Å². The van der Waals surface area contributed by atoms with Crippen LogP contribution in [0.15, 0.2) is 10.3 Å². The zero-order chi connectivity index (χ0) is 14.2. The maximum absolute atomic E-state index is 12.6. The molecule has 2 atom stereocenters. The Kier molecular flexibility index (Phi) is 4.32. The lowest BCUT2D eigenvalue weighted by molar-refractivity contribution is -0.0119. The molecule has 2 heterocycles. The second-order valence-corrected chi connectivity index (χ2v) is 8.36. The molecular formula is C12H20N2O3S2. The molecule has 0 spiro atoms. The number of hydrogen-bond acceptors (Lipinski definition) is 5. The lowest BCUT2D eigenvalue weighted by Gasteiger charge is -2.33. The Bertz CT molecular complexity index is 532. The SMILES string of the molecule is Cc1cc(S(=O)(=O)N2CCO[C@H]([C@H](C)N)C2)sc1C. The van der Waals surface area contributed by atoms with Crippen LogP contribution in [-0.4, -0.2) is 44.6 Å². The van der Waals surface area contributed by atoms with Crippen molar-refractivity contribution in [2.24, 2.45) is 5.73 Å². The van der Waals surface area contributed by atoms with E-state index < -0.39 is 10.0 Å². The van der Waals surface area contributed by atoms with Crippen LogP contribution in [0.3, 0.4) is 0 Å². The third-order valence-electron chi connectivity index (χ3n) is 3.38. The number of nitrogens with two attached hydrogens (primary N) is 1. The van der Waals surface area contributed by atoms with Crippen molar-refractivity contribution in [1.29, 1.82) is 0 Å². The van der Waals surface area contributed by atoms with Gasteiger partial charge in [0, 0.05) is 24.0 Å². The molecule has 19 heavy (non-hydrogen) atoms. The van der Waals surface area contributed by atoms with Gasteiger partial charge in [0.1, 0.15) is 4.21 Å². The van der Waals surface area contributed by atoms with Gasteiger partial charge in [-0.3, -0.25) is 0 Å². The summed E-state index contributed by atoms with van der Waals surface area (Å²) in [7, 11) is -3.41. The largest absolute Gasteiger partial charge is 0.374 e. The molecule has 0 saturated carbocycles. The Morgan fingerprint density at radius 3 is 2.74 bits per heavy atom. The number of hydrogen-bond donors (Lipinski definition) is 1. The predicted octanol–water partition coefficient (Wildman–Crippen LogP) is 1.10. The summed E-state index contributed by atoms with van der Waals surface area (Å²) in [6.45, 7) is 6.81. The molecule has 108 valence electrons. The minimum atomic E-state index is -3.41. The van der Waals surface area contributed by atoms with E-state index in [-0.39, 0.29) is 12.1 Å². The van der Waals surface area contributed by atoms with Crippen LogP contribution >= 0.6 is 11.3 Å². The summed E-state index contributed by atoms with van der Waals surface area (Å²) in [5, 5.41) is 0. The Hall–Kier alpha value is -0.470. The van der Waals surface area contributed by atoms with Gasteiger partial charge in [-0.25, -0.2) is 8.42 Å². The molecule has 2 N–H and O–H groups in total. The first-order chi connectivity index (χ1) is 8.82. The standard InChI is InChI=1S/C12H20N2O3S2/c1-8-6-12(18-10(8)3)19(15,16)14-4-5-17-11(7-14)9(2)13/h6,9,11H,4-5,7,13H2,1-3H3/t9-,11-/m0/s1. The van der Waals surface area contributed by atoms with E-state index in [0.29, 0.717) is 23.9 Å². The van der Waals surface area contributed by atoms with E-state index in [4.69, 9.17) is 10.5 Å². The van der Waals surface area contributed by atoms with Crippen LogP contribution in [0.4, 0.5) is 0 Å². The van der Waals surface area contributed by atoms with Gasteiger partial charge in [-0.15, -0.1) is 11.3 Å². The van der Waals surface area contributed by atoms with E-state index in [9.17, 15) is 8.42 Å². The number of rotatable bonds is 3. The number of aryl methyl sites for hydroxylation is 2. The third-order valence-corrected chi connectivity index (χ3v) is 6.85. The van der Waals surface area contributed by atoms with Crippen molar-refractivity contribution in [2.75, 3.05) is 19.7 Å². The first kappa shape index (κ1) is 14.9. The minimum absolute atomic E-state index is 0.176. The van der Waals surface area contributed by atoms with Crippen LogP contribution in [0.5, 0.6) is 0 Å². The normalized spacial score (nSPS) is 23.5. The monoisotopic (exact) mass is 304 g/mol. The van der Waals surface area contributed by atoms with Crippen molar-refractivity contribution < 1.29 is 13.2 Å². The van der Waals surface area contributed by atoms with Crippen molar-refractivity contribution in [3.63, 3.8) is 0 Å². The molecule has 1 aromatic rings. The van der Waals surface area contributed by atoms with Gasteiger partial charge < -0.3 is 10.5 Å². The Labute approximate surface area is 118 Å². The molecule has 1 aliphatic heterocycles. The molecule has 5 nitrogen and oxygen atoms in total. The number of nitrogens with zero attached hydrogens (tertiary/aromatic N) is 1. The zero-order valence-corrected chi connectivity index (χ0v) is 13.1. The van der Waals surface area contributed by atoms with Crippen LogP contribution in [-0.2, 0) is 14.8 Å². The third kappa shape index (κ3) is 3.00. The van der Waals surface area contributed by atoms with Gasteiger partial charge in [0.05, 0.1) is 12.7 Å². The number of ether oxygens (including phenoxy) is 1. The zero-order valence-electron chi connectivity index (χ0n) is 11.4. The molecule has 0 unspecified atom stereocenters. The smallest absolute Gasteiger partial charge is 0.252 e. The van der Waals surface area contributed by atoms with E-state index in [0.717, 1.165) is 10.4 Å². The predicted molar refractivity (Wildman–Crippen MR) is 75.9 cm³/mol. The van der Waals surface area contributed by atoms with E-state index in [1.54, 1.807) is 6.07 Å². The van der Waals surface area contributed by atoms with Gasteiger partial charge in [-0.2, -0.15) is 4.31 Å². The summed E-state index contributed by atoms with van der Waals surface area (Å²) in [6, 6.07) is 1.57. The molecule has 0 bridgehead atoms. The van der Waals surface area contributed by atoms with E-state index in [2.05, 4.69) is 0 Å². The van der Waals surface area contributed by atoms with Crippen molar-refractivity contribution >= 4 is 21.4 Å². The maximum Gasteiger partial charge on any atom is 0.252 e. The fraction of sp³-hybridized carbons (Fsp3) is 0.667. The highest BCUT2D eigenvalue weighted by Gasteiger charge is 2.33. The lowest BCUT2D eigenvalue weighted by Crippen LogP contribution is -2.51. The first-order valence-corrected chi connectivity index (χ1v) is 8.52. The van der Waals surface area contributed by atoms with Crippen molar-refractivity contribution in [1.82, 2.24) is 4.31 Å². The topological polar surface area (TPSA) is 72.6 Å². The minimum Gasteiger partial charge on any atom is -0.374 e. The van der Waals surface area contributed by atoms with E-state index in [1.807, 2.05) is 20.8 Å². The van der Waals surface area contributed by atoms with E-state index in [1.165, 1.54) is 15.6 Å². The second-order valence-electron chi connectivity index (χ2n) is 4.94. The molecule has 2 rings (SSSR count). The van der Waals surface area contributed by atoms with Crippen molar-refractivity contribution in [3.05, 3.63) is 16.5 Å². The molecule has 0 aromatic carbocycles. The number of sulfonamides is 1. The molecule has 7 heteroatoms. The summed E-state index contributed by atoms with van der Waals surface area (Å²) in [5.74, 6) is 0. The van der Waals surface area contributed by atoms with E-state index >= 15 is 0 Å². The fourth-order valence-electron chi connectivity index (χ4n) is 1.98. The summed E-state index contributed by atoms with van der Waals surface area (Å²) >= 11 is 1.32. The van der Waals surface area contributed by atoms with Crippen LogP contribution in [0.2, 0.25) is 0 Å². The van der Waals surface area contributed by atoms with Crippen LogP contribution in [0, 0.1) is 13.8 Å². The summed E-state index contributed by atoms with van der Waals surface area (Å²) in [5.41, 5.74) is 6.81. The summed E-state index contributed by atoms with van der Waals surface area (Å²) in [4.78, 5) is 1.04. The maximum atomic E-state index is 12.6. The highest BCUT2D eigenvalue weighted by molar-refractivity contribution is 7.91. The Morgan fingerprint density at radius 2 is 2.21 bits per heavy atom. The average molecular weight is 304 g/mol. The van der Waals surface area contributed by atoms with Crippen molar-refractivity contribution in [3.8, 4) is 0 Å². The van der Waals surface area contributed by atoms with Crippen molar-refractivity contribution in [2.45, 2.75) is 37.1 Å². The first-order valence-electron chi connectivity index (χ1n) is 6.26. The molecule has 1 saturated heterocycles. The molecule has 1 aromatic heterocycles. The van der Waals surface area contributed by atoms with Gasteiger partial charge in [0.2, 0.25) is 0 Å². The number of thiophene rings is 1. The van der Waals surface area contributed by atoms with Crippen LogP contribution in [0.1, 0.15) is 17.4 Å². The Morgan fingerprint density at radius 1 is 1.53 bits per heavy atom. The van der Waals surface area contributed by atoms with Gasteiger partial charge in [-0.1, -0.05) is 0 Å². The molecule has 0 radical (unpaired) electrons. The van der Waals surface area contributed by atoms with Crippen LogP contribution in [0.25, 0.3) is 0 Å². The van der Waals surface area contributed by atoms with Gasteiger partial charge in [0.15, 0.2) is 0 Å². The van der Waals surface area contributed by atoms with Gasteiger partial charge in [0.25, 0.3) is 10.0 Å². The summed E-state index contributed by atoms with van der Waals surface area (Å²) < 4.78 is 32.5. The molecule has 0 aliphatic carbocycles. The average Bonchev–Trinajstić information content (AvgIpc) is 2.70. The Balaban J connectivity index is 2.24. The fourth-order valence-corrected chi connectivity index (χ4v) is 5.09. The number of morpholine rings is 1.